The van der Waals surface area contributed by atoms with E-state index < -0.39 is 5.97 Å². The van der Waals surface area contributed by atoms with Crippen LogP contribution in [-0.4, -0.2) is 11.1 Å². The molecule has 0 saturated heterocycles. The number of aryl methyl sites for hydroxylation is 1. The molecule has 0 aliphatic heterocycles. The van der Waals surface area contributed by atoms with Crippen LogP contribution in [-0.2, 0) is 0 Å². The maximum absolute atomic E-state index is 13.0. The molecule has 2 aromatic rings. The van der Waals surface area contributed by atoms with Crippen LogP contribution in [0.1, 0.15) is 15.2 Å². The van der Waals surface area contributed by atoms with Gasteiger partial charge in [-0.15, -0.1) is 0 Å². The van der Waals surface area contributed by atoms with Crippen molar-refractivity contribution in [2.75, 3.05) is 0 Å². The third-order valence-corrected chi connectivity index (χ3v) is 3.10. The Morgan fingerprint density at radius 3 is 2.76 bits per heavy atom. The van der Waals surface area contributed by atoms with Gasteiger partial charge >= 0.3 is 5.97 Å². The van der Waals surface area contributed by atoms with E-state index in [1.807, 2.05) is 0 Å². The van der Waals surface area contributed by atoms with E-state index in [-0.39, 0.29) is 10.7 Å². The van der Waals surface area contributed by atoms with Crippen LogP contribution in [0.3, 0.4) is 0 Å². The van der Waals surface area contributed by atoms with Gasteiger partial charge in [0.15, 0.2) is 5.06 Å². The second-order valence-corrected chi connectivity index (χ2v) is 4.48. The van der Waals surface area contributed by atoms with Crippen LogP contribution in [0.4, 0.5) is 4.39 Å². The monoisotopic (exact) mass is 252 g/mol. The first kappa shape index (κ1) is 11.6. The van der Waals surface area contributed by atoms with Gasteiger partial charge in [-0.25, -0.2) is 9.18 Å². The number of carbonyl (C=O) groups is 1. The summed E-state index contributed by atoms with van der Waals surface area (Å²) in [5, 5.41) is 9.18. The lowest BCUT2D eigenvalue weighted by atomic mass is 10.2. The van der Waals surface area contributed by atoms with E-state index >= 15 is 0 Å². The van der Waals surface area contributed by atoms with E-state index in [9.17, 15) is 9.18 Å². The molecule has 0 aliphatic rings. The molecule has 0 atom stereocenters. The Morgan fingerprint density at radius 2 is 2.12 bits per heavy atom. The molecule has 0 spiro atoms. The molecule has 0 radical (unpaired) electrons. The first-order chi connectivity index (χ1) is 8.06. The average Bonchev–Trinajstić information content (AvgIpc) is 2.72. The molecule has 1 N–H and O–H groups in total. The third kappa shape index (κ3) is 2.62. The van der Waals surface area contributed by atoms with Crippen molar-refractivity contribution in [3.05, 3.63) is 46.6 Å². The predicted molar refractivity (Wildman–Crippen MR) is 62.5 cm³/mol. The van der Waals surface area contributed by atoms with Gasteiger partial charge in [0.25, 0.3) is 0 Å². The minimum Gasteiger partial charge on any atom is -0.477 e. The van der Waals surface area contributed by atoms with Crippen LogP contribution in [0.25, 0.3) is 0 Å². The zero-order valence-electron chi connectivity index (χ0n) is 8.94. The quantitative estimate of drug-likeness (QED) is 0.906. The van der Waals surface area contributed by atoms with Crippen molar-refractivity contribution in [2.24, 2.45) is 0 Å². The van der Waals surface area contributed by atoms with Crippen LogP contribution >= 0.6 is 11.3 Å². The number of aromatic carboxylic acids is 1. The third-order valence-electron chi connectivity index (χ3n) is 2.15. The Hall–Kier alpha value is -1.88. The van der Waals surface area contributed by atoms with Crippen LogP contribution in [0.5, 0.6) is 10.8 Å². The van der Waals surface area contributed by atoms with E-state index in [4.69, 9.17) is 9.84 Å². The minimum absolute atomic E-state index is 0.189. The Balaban J connectivity index is 2.25. The van der Waals surface area contributed by atoms with Crippen molar-refractivity contribution in [1.29, 1.82) is 0 Å². The molecule has 0 amide bonds. The van der Waals surface area contributed by atoms with Gasteiger partial charge in [0.2, 0.25) is 0 Å². The van der Waals surface area contributed by atoms with Crippen LogP contribution in [0, 0.1) is 12.7 Å². The van der Waals surface area contributed by atoms with E-state index in [0.717, 1.165) is 16.9 Å². The van der Waals surface area contributed by atoms with Crippen LogP contribution in [0.2, 0.25) is 0 Å². The van der Waals surface area contributed by atoms with Gasteiger partial charge in [-0.3, -0.25) is 0 Å². The largest absolute Gasteiger partial charge is 0.477 e. The molecule has 0 unspecified atom stereocenters. The van der Waals surface area contributed by atoms with Crippen molar-refractivity contribution in [3.63, 3.8) is 0 Å². The van der Waals surface area contributed by atoms with Gasteiger partial charge in [-0.05, 0) is 30.7 Å². The van der Waals surface area contributed by atoms with E-state index in [1.54, 1.807) is 19.1 Å². The number of halogens is 1. The van der Waals surface area contributed by atoms with Gasteiger partial charge < -0.3 is 9.84 Å². The van der Waals surface area contributed by atoms with E-state index in [1.165, 1.54) is 18.2 Å². The van der Waals surface area contributed by atoms with Crippen molar-refractivity contribution in [2.45, 2.75) is 6.92 Å². The molecule has 0 bridgehead atoms. The van der Waals surface area contributed by atoms with Gasteiger partial charge in [0.1, 0.15) is 16.4 Å². The standard InChI is InChI=1S/C12H9FO3S/c1-7-2-3-8(13)6-9(7)16-11-5-4-10(17-11)12(14)15/h2-6H,1H3,(H,14,15). The molecule has 88 valence electrons. The predicted octanol–water partition coefficient (Wildman–Crippen LogP) is 3.69. The summed E-state index contributed by atoms with van der Waals surface area (Å²) in [6.45, 7) is 1.79. The SMILES string of the molecule is Cc1ccc(F)cc1Oc1ccc(C(=O)O)s1. The van der Waals surface area contributed by atoms with Crippen molar-refractivity contribution in [1.82, 2.24) is 0 Å². The first-order valence-electron chi connectivity index (χ1n) is 4.83. The number of carboxylic acids is 1. The van der Waals surface area contributed by atoms with Crippen molar-refractivity contribution < 1.29 is 19.0 Å². The lowest BCUT2D eigenvalue weighted by Gasteiger charge is -2.05. The lowest BCUT2D eigenvalue weighted by Crippen LogP contribution is -1.89. The topological polar surface area (TPSA) is 46.5 Å². The van der Waals surface area contributed by atoms with Gasteiger partial charge in [-0.2, -0.15) is 0 Å². The van der Waals surface area contributed by atoms with Crippen LogP contribution in [0.15, 0.2) is 30.3 Å². The summed E-state index contributed by atoms with van der Waals surface area (Å²) in [5.41, 5.74) is 0.789. The molecule has 1 aromatic heterocycles. The molecule has 0 aliphatic carbocycles. The summed E-state index contributed by atoms with van der Waals surface area (Å²) in [6, 6.07) is 7.24. The smallest absolute Gasteiger partial charge is 0.345 e. The number of hydrogen-bond donors (Lipinski definition) is 1. The second kappa shape index (κ2) is 4.55. The molecule has 1 heterocycles. The second-order valence-electron chi connectivity index (χ2n) is 3.44. The van der Waals surface area contributed by atoms with E-state index in [2.05, 4.69) is 0 Å². The first-order valence-corrected chi connectivity index (χ1v) is 5.65. The summed E-state index contributed by atoms with van der Waals surface area (Å²) >= 11 is 1.01. The Bertz CT molecular complexity index is 563. The maximum Gasteiger partial charge on any atom is 0.345 e. The number of rotatable bonds is 3. The lowest BCUT2D eigenvalue weighted by molar-refractivity contribution is 0.0702. The highest BCUT2D eigenvalue weighted by atomic mass is 32.1. The molecule has 3 nitrogen and oxygen atoms in total. The van der Waals surface area contributed by atoms with Crippen molar-refractivity contribution in [3.8, 4) is 10.8 Å². The summed E-state index contributed by atoms with van der Waals surface area (Å²) < 4.78 is 18.4. The highest BCUT2D eigenvalue weighted by Gasteiger charge is 2.09. The molecule has 2 rings (SSSR count). The van der Waals surface area contributed by atoms with Crippen LogP contribution < -0.4 is 4.74 Å². The number of hydrogen-bond acceptors (Lipinski definition) is 3. The number of benzene rings is 1. The van der Waals surface area contributed by atoms with E-state index in [0.29, 0.717) is 10.8 Å². The van der Waals surface area contributed by atoms with Gasteiger partial charge in [-0.1, -0.05) is 17.4 Å². The Morgan fingerprint density at radius 1 is 1.35 bits per heavy atom. The molecule has 0 fully saturated rings. The summed E-state index contributed by atoms with van der Waals surface area (Å²) in [6.07, 6.45) is 0. The summed E-state index contributed by atoms with van der Waals surface area (Å²) in [5.74, 6) is -0.995. The fourth-order valence-electron chi connectivity index (χ4n) is 1.28. The highest BCUT2D eigenvalue weighted by Crippen LogP contribution is 2.31. The highest BCUT2D eigenvalue weighted by molar-refractivity contribution is 7.15. The number of ether oxygens (including phenoxy) is 1. The number of carboxylic acid groups (broad SMARTS) is 1. The summed E-state index contributed by atoms with van der Waals surface area (Å²) in [7, 11) is 0. The fraction of sp³-hybridized carbons (Fsp3) is 0.0833. The normalized spacial score (nSPS) is 10.2. The number of thiophene rings is 1. The molecule has 17 heavy (non-hydrogen) atoms. The molecule has 0 saturated carbocycles. The Kier molecular flexibility index (Phi) is 3.10. The fourth-order valence-corrected chi connectivity index (χ4v) is 1.99. The molecular weight excluding hydrogens is 243 g/mol. The maximum atomic E-state index is 13.0. The Labute approximate surface area is 101 Å². The minimum atomic E-state index is -0.999. The zero-order chi connectivity index (χ0) is 12.4. The van der Waals surface area contributed by atoms with Gasteiger partial charge in [0, 0.05) is 6.07 Å². The molecular formula is C12H9FO3S. The zero-order valence-corrected chi connectivity index (χ0v) is 9.75. The van der Waals surface area contributed by atoms with Crippen molar-refractivity contribution >= 4 is 17.3 Å². The molecule has 1 aromatic carbocycles. The molecule has 5 heteroatoms. The van der Waals surface area contributed by atoms with Gasteiger partial charge in [0.05, 0.1) is 0 Å². The average molecular weight is 252 g/mol. The summed E-state index contributed by atoms with van der Waals surface area (Å²) in [4.78, 5) is 10.9.